The Morgan fingerprint density at radius 1 is 1.06 bits per heavy atom. The third-order valence-corrected chi connectivity index (χ3v) is 5.92. The Kier molecular flexibility index (Phi) is 6.36. The van der Waals surface area contributed by atoms with Crippen LogP contribution in [-0.2, 0) is 11.4 Å². The Balaban J connectivity index is 1.52. The second-order valence-electron chi connectivity index (χ2n) is 8.20. The molecule has 4 aromatic rings. The number of nitrogens with zero attached hydrogens (tertiary/aromatic N) is 3. The number of fused-ring (bicyclic) bond motifs is 1. The van der Waals surface area contributed by atoms with Crippen molar-refractivity contribution in [1.82, 2.24) is 14.8 Å². The maximum atomic E-state index is 13.7. The third-order valence-electron chi connectivity index (χ3n) is 5.92. The van der Waals surface area contributed by atoms with Crippen molar-refractivity contribution in [3.05, 3.63) is 107 Å². The van der Waals surface area contributed by atoms with Crippen LogP contribution >= 0.6 is 0 Å². The van der Waals surface area contributed by atoms with E-state index < -0.39 is 6.04 Å². The molecule has 0 spiro atoms. The molecular weight excluding hydrogens is 461 g/mol. The molecule has 0 saturated carbocycles. The molecule has 9 heteroatoms. The van der Waals surface area contributed by atoms with Crippen LogP contribution in [0, 0.1) is 5.82 Å². The van der Waals surface area contributed by atoms with Crippen molar-refractivity contribution in [2.75, 3.05) is 17.7 Å². The molecule has 36 heavy (non-hydrogen) atoms. The van der Waals surface area contributed by atoms with Gasteiger partial charge in [-0.25, -0.2) is 9.07 Å². The SMILES string of the molecule is COc1ccccc1NC(=O)C1=C(C)Nc2ncnn2C1c1ccccc1OCc1ccc(F)cc1. The molecule has 1 aliphatic rings. The average molecular weight is 486 g/mol. The molecule has 2 N–H and O–H groups in total. The second kappa shape index (κ2) is 9.91. The quantitative estimate of drug-likeness (QED) is 0.386. The van der Waals surface area contributed by atoms with Crippen LogP contribution in [0.5, 0.6) is 11.5 Å². The van der Waals surface area contributed by atoms with Gasteiger partial charge in [-0.15, -0.1) is 0 Å². The van der Waals surface area contributed by atoms with E-state index in [1.54, 1.807) is 36.1 Å². The van der Waals surface area contributed by atoms with E-state index >= 15 is 0 Å². The second-order valence-corrected chi connectivity index (χ2v) is 8.20. The van der Waals surface area contributed by atoms with Crippen LogP contribution in [0.4, 0.5) is 16.0 Å². The predicted molar refractivity (Wildman–Crippen MR) is 133 cm³/mol. The standard InChI is InChI=1S/C27H24FN5O3/c1-17-24(26(34)32-21-8-4-6-10-23(21)35-2)25(33-27(31-17)29-16-30-33)20-7-3-5-9-22(20)36-15-18-11-13-19(28)14-12-18/h3-14,16,25H,15H2,1-2H3,(H,32,34)(H,29,30,31). The molecule has 0 aliphatic carbocycles. The number of rotatable bonds is 7. The summed E-state index contributed by atoms with van der Waals surface area (Å²) in [6.07, 6.45) is 1.44. The number of amides is 1. The largest absolute Gasteiger partial charge is 0.495 e. The fraction of sp³-hybridized carbons (Fsp3) is 0.148. The highest BCUT2D eigenvalue weighted by Gasteiger charge is 2.35. The lowest BCUT2D eigenvalue weighted by Crippen LogP contribution is -2.31. The first kappa shape index (κ1) is 23.1. The number of allylic oxidation sites excluding steroid dienone is 1. The zero-order valence-corrected chi connectivity index (χ0v) is 19.7. The van der Waals surface area contributed by atoms with Gasteiger partial charge in [-0.3, -0.25) is 4.79 Å². The van der Waals surface area contributed by atoms with E-state index in [0.717, 1.165) is 11.1 Å². The van der Waals surface area contributed by atoms with E-state index in [-0.39, 0.29) is 18.3 Å². The van der Waals surface area contributed by atoms with Crippen molar-refractivity contribution < 1.29 is 18.7 Å². The summed E-state index contributed by atoms with van der Waals surface area (Å²) in [4.78, 5) is 18.0. The molecule has 182 valence electrons. The van der Waals surface area contributed by atoms with Crippen LogP contribution in [0.25, 0.3) is 0 Å². The maximum absolute atomic E-state index is 13.7. The highest BCUT2D eigenvalue weighted by atomic mass is 19.1. The van der Waals surface area contributed by atoms with Gasteiger partial charge >= 0.3 is 0 Å². The van der Waals surface area contributed by atoms with Crippen molar-refractivity contribution in [3.8, 4) is 11.5 Å². The van der Waals surface area contributed by atoms with Gasteiger partial charge in [0, 0.05) is 11.3 Å². The first-order chi connectivity index (χ1) is 17.5. The summed E-state index contributed by atoms with van der Waals surface area (Å²) in [5.74, 6) is 1.02. The van der Waals surface area contributed by atoms with Crippen molar-refractivity contribution in [2.45, 2.75) is 19.6 Å². The Hall–Kier alpha value is -4.66. The number of aromatic nitrogens is 3. The number of carbonyl (C=O) groups is 1. The van der Waals surface area contributed by atoms with Gasteiger partial charge in [0.15, 0.2) is 0 Å². The molecule has 5 rings (SSSR count). The third kappa shape index (κ3) is 4.50. The number of ether oxygens (including phenoxy) is 2. The number of methoxy groups -OCH3 is 1. The number of hydrogen-bond donors (Lipinski definition) is 2. The Bertz CT molecular complexity index is 1430. The van der Waals surface area contributed by atoms with Crippen molar-refractivity contribution in [3.63, 3.8) is 0 Å². The number of para-hydroxylation sites is 3. The first-order valence-electron chi connectivity index (χ1n) is 11.3. The molecule has 3 aromatic carbocycles. The number of halogens is 1. The van der Waals surface area contributed by atoms with Gasteiger partial charge in [-0.1, -0.05) is 42.5 Å². The highest BCUT2D eigenvalue weighted by molar-refractivity contribution is 6.06. The summed E-state index contributed by atoms with van der Waals surface area (Å²) in [7, 11) is 1.55. The van der Waals surface area contributed by atoms with Gasteiger partial charge in [-0.2, -0.15) is 10.1 Å². The molecule has 1 amide bonds. The van der Waals surface area contributed by atoms with Gasteiger partial charge in [0.05, 0.1) is 18.4 Å². The molecule has 8 nitrogen and oxygen atoms in total. The fourth-order valence-corrected chi connectivity index (χ4v) is 4.19. The highest BCUT2D eigenvalue weighted by Crippen LogP contribution is 2.39. The molecule has 1 unspecified atom stereocenters. The van der Waals surface area contributed by atoms with E-state index in [9.17, 15) is 9.18 Å². The van der Waals surface area contributed by atoms with E-state index in [1.807, 2.05) is 43.3 Å². The first-order valence-corrected chi connectivity index (χ1v) is 11.3. The van der Waals surface area contributed by atoms with Crippen LogP contribution in [0.1, 0.15) is 24.1 Å². The lowest BCUT2D eigenvalue weighted by molar-refractivity contribution is -0.113. The number of anilines is 2. The minimum Gasteiger partial charge on any atom is -0.495 e. The molecule has 0 radical (unpaired) electrons. The zero-order chi connectivity index (χ0) is 25.1. The van der Waals surface area contributed by atoms with Crippen LogP contribution < -0.4 is 20.1 Å². The van der Waals surface area contributed by atoms with Gasteiger partial charge in [0.1, 0.15) is 36.3 Å². The summed E-state index contributed by atoms with van der Waals surface area (Å²) in [6.45, 7) is 2.06. The lowest BCUT2D eigenvalue weighted by atomic mass is 9.94. The smallest absolute Gasteiger partial charge is 0.255 e. The normalized spacial score (nSPS) is 14.6. The minimum absolute atomic E-state index is 0.234. The zero-order valence-electron chi connectivity index (χ0n) is 19.7. The summed E-state index contributed by atoms with van der Waals surface area (Å²) < 4.78 is 26.5. The van der Waals surface area contributed by atoms with Crippen molar-refractivity contribution in [2.24, 2.45) is 0 Å². The summed E-state index contributed by atoms with van der Waals surface area (Å²) in [6, 6.07) is 20.2. The molecule has 1 aromatic heterocycles. The minimum atomic E-state index is -0.608. The lowest BCUT2D eigenvalue weighted by Gasteiger charge is -2.30. The molecule has 0 fully saturated rings. The van der Waals surface area contributed by atoms with Gasteiger partial charge < -0.3 is 20.1 Å². The van der Waals surface area contributed by atoms with Crippen LogP contribution in [0.15, 0.2) is 90.4 Å². The number of carbonyl (C=O) groups excluding carboxylic acids is 1. The average Bonchev–Trinajstić information content (AvgIpc) is 3.36. The van der Waals surface area contributed by atoms with Crippen LogP contribution in [-0.4, -0.2) is 27.8 Å². The maximum Gasteiger partial charge on any atom is 0.255 e. The van der Waals surface area contributed by atoms with Crippen molar-refractivity contribution in [1.29, 1.82) is 0 Å². The predicted octanol–water partition coefficient (Wildman–Crippen LogP) is 4.93. The van der Waals surface area contributed by atoms with E-state index in [1.165, 1.54) is 18.5 Å². The Morgan fingerprint density at radius 3 is 2.56 bits per heavy atom. The van der Waals surface area contributed by atoms with Crippen LogP contribution in [0.3, 0.4) is 0 Å². The summed E-state index contributed by atoms with van der Waals surface area (Å²) >= 11 is 0. The monoisotopic (exact) mass is 485 g/mol. The topological polar surface area (TPSA) is 90.3 Å². The van der Waals surface area contributed by atoms with E-state index in [2.05, 4.69) is 20.7 Å². The molecule has 0 bridgehead atoms. The Morgan fingerprint density at radius 2 is 1.78 bits per heavy atom. The fourth-order valence-electron chi connectivity index (χ4n) is 4.19. The summed E-state index contributed by atoms with van der Waals surface area (Å²) in [5.41, 5.74) is 3.20. The summed E-state index contributed by atoms with van der Waals surface area (Å²) in [5, 5.41) is 10.5. The van der Waals surface area contributed by atoms with Crippen LogP contribution in [0.2, 0.25) is 0 Å². The molecule has 0 saturated heterocycles. The Labute approximate surface area is 207 Å². The van der Waals surface area contributed by atoms with Crippen molar-refractivity contribution >= 4 is 17.5 Å². The number of hydrogen-bond acceptors (Lipinski definition) is 6. The molecule has 1 atom stereocenters. The number of benzene rings is 3. The molecular formula is C27H24FN5O3. The van der Waals surface area contributed by atoms with Gasteiger partial charge in [0.2, 0.25) is 5.95 Å². The van der Waals surface area contributed by atoms with E-state index in [4.69, 9.17) is 9.47 Å². The van der Waals surface area contributed by atoms with Gasteiger partial charge in [0.25, 0.3) is 5.91 Å². The van der Waals surface area contributed by atoms with Gasteiger partial charge in [-0.05, 0) is 42.8 Å². The molecule has 1 aliphatic heterocycles. The van der Waals surface area contributed by atoms with E-state index in [0.29, 0.717) is 34.4 Å². The number of nitrogens with one attached hydrogen (secondary N) is 2. The molecule has 2 heterocycles.